The van der Waals surface area contributed by atoms with Crippen LogP contribution >= 0.6 is 11.3 Å². The first-order chi connectivity index (χ1) is 11.1. The second-order valence-corrected chi connectivity index (χ2v) is 6.50. The number of carbonyl (C=O) groups is 1. The van der Waals surface area contributed by atoms with E-state index < -0.39 is 0 Å². The van der Waals surface area contributed by atoms with Crippen LogP contribution in [0.2, 0.25) is 0 Å². The maximum atomic E-state index is 11.9. The van der Waals surface area contributed by atoms with Gasteiger partial charge in [0.25, 0.3) is 0 Å². The molecular formula is C17H20N4OS. The van der Waals surface area contributed by atoms with Gasteiger partial charge in [-0.05, 0) is 31.5 Å². The summed E-state index contributed by atoms with van der Waals surface area (Å²) in [4.78, 5) is 21.6. The summed E-state index contributed by atoms with van der Waals surface area (Å²) in [5.74, 6) is -0.00403. The lowest BCUT2D eigenvalue weighted by Crippen LogP contribution is -2.27. The number of nitrogens with zero attached hydrogens (tertiary/aromatic N) is 2. The van der Waals surface area contributed by atoms with Gasteiger partial charge in [-0.1, -0.05) is 18.2 Å². The fourth-order valence-corrected chi connectivity index (χ4v) is 3.04. The number of hydrogen-bond donors (Lipinski definition) is 2. The van der Waals surface area contributed by atoms with Gasteiger partial charge in [0.2, 0.25) is 5.91 Å². The monoisotopic (exact) mass is 328 g/mol. The van der Waals surface area contributed by atoms with Gasteiger partial charge in [0.1, 0.15) is 0 Å². The Balaban J connectivity index is 1.56. The van der Waals surface area contributed by atoms with Crippen molar-refractivity contribution < 1.29 is 4.79 Å². The standard InChI is InChI=1S/C17H20N4OS/c1-12(15-11-13-5-3-4-6-14(13)19-15)21(2)9-7-16(22)20-17-18-8-10-23-17/h3-6,8,10-12,19H,7,9H2,1-2H3,(H,18,20,22)/t12-/m0/s1. The molecular weight excluding hydrogens is 308 g/mol. The molecule has 3 aromatic rings. The van der Waals surface area contributed by atoms with Crippen LogP contribution in [0.4, 0.5) is 5.13 Å². The lowest BCUT2D eigenvalue weighted by molar-refractivity contribution is -0.116. The number of thiazole rings is 1. The number of para-hydroxylation sites is 1. The van der Waals surface area contributed by atoms with Crippen molar-refractivity contribution in [3.8, 4) is 0 Å². The van der Waals surface area contributed by atoms with Crippen LogP contribution in [0.5, 0.6) is 0 Å². The van der Waals surface area contributed by atoms with Crippen molar-refractivity contribution >= 4 is 33.3 Å². The Bertz CT molecular complexity index is 748. The number of aromatic nitrogens is 2. The van der Waals surface area contributed by atoms with Gasteiger partial charge < -0.3 is 10.3 Å². The SMILES string of the molecule is C[C@@H](c1cc2ccccc2[nH]1)N(C)CCC(=O)Nc1nccs1. The third-order valence-corrected chi connectivity index (χ3v) is 4.72. The van der Waals surface area contributed by atoms with Gasteiger partial charge >= 0.3 is 0 Å². The topological polar surface area (TPSA) is 61.0 Å². The molecule has 23 heavy (non-hydrogen) atoms. The average molecular weight is 328 g/mol. The summed E-state index contributed by atoms with van der Waals surface area (Å²) in [7, 11) is 2.03. The van der Waals surface area contributed by atoms with Crippen molar-refractivity contribution in [1.29, 1.82) is 0 Å². The Hall–Kier alpha value is -2.18. The van der Waals surface area contributed by atoms with Crippen LogP contribution < -0.4 is 5.32 Å². The van der Waals surface area contributed by atoms with E-state index in [2.05, 4.69) is 45.3 Å². The normalized spacial score (nSPS) is 12.7. The number of nitrogens with one attached hydrogen (secondary N) is 2. The number of aromatic amines is 1. The molecule has 0 bridgehead atoms. The van der Waals surface area contributed by atoms with Gasteiger partial charge in [-0.15, -0.1) is 11.3 Å². The molecule has 0 saturated heterocycles. The molecule has 6 heteroatoms. The van der Waals surface area contributed by atoms with Gasteiger partial charge in [-0.3, -0.25) is 9.69 Å². The Morgan fingerprint density at radius 1 is 1.43 bits per heavy atom. The molecule has 2 N–H and O–H groups in total. The summed E-state index contributed by atoms with van der Waals surface area (Å²) in [5.41, 5.74) is 2.30. The minimum Gasteiger partial charge on any atom is -0.357 e. The summed E-state index contributed by atoms with van der Waals surface area (Å²) in [5, 5.41) is 6.52. The van der Waals surface area contributed by atoms with Crippen LogP contribution in [0.15, 0.2) is 41.9 Å². The largest absolute Gasteiger partial charge is 0.357 e. The number of benzene rings is 1. The Morgan fingerprint density at radius 2 is 2.26 bits per heavy atom. The molecule has 0 unspecified atom stereocenters. The second-order valence-electron chi connectivity index (χ2n) is 5.60. The number of rotatable bonds is 6. The van der Waals surface area contributed by atoms with Gasteiger partial charge in [0, 0.05) is 41.8 Å². The molecule has 1 aromatic carbocycles. The Morgan fingerprint density at radius 3 is 3.00 bits per heavy atom. The zero-order valence-electron chi connectivity index (χ0n) is 13.2. The molecule has 0 saturated carbocycles. The van der Waals surface area contributed by atoms with Gasteiger partial charge in [-0.2, -0.15) is 0 Å². The van der Waals surface area contributed by atoms with Crippen LogP contribution in [-0.4, -0.2) is 34.4 Å². The second kappa shape index (κ2) is 6.93. The summed E-state index contributed by atoms with van der Waals surface area (Å²) in [6.45, 7) is 2.83. The zero-order valence-corrected chi connectivity index (χ0v) is 14.1. The molecule has 1 amide bonds. The summed E-state index contributed by atoms with van der Waals surface area (Å²) in [6, 6.07) is 10.6. The first-order valence-corrected chi connectivity index (χ1v) is 8.48. The van der Waals surface area contributed by atoms with Crippen LogP contribution in [0.1, 0.15) is 25.1 Å². The van der Waals surface area contributed by atoms with E-state index in [1.807, 2.05) is 24.6 Å². The molecule has 0 spiro atoms. The van der Waals surface area contributed by atoms with Crippen molar-refractivity contribution in [3.05, 3.63) is 47.6 Å². The predicted octanol–water partition coefficient (Wildman–Crippen LogP) is 3.65. The summed E-state index contributed by atoms with van der Waals surface area (Å²) < 4.78 is 0. The van der Waals surface area contributed by atoms with Gasteiger partial charge in [0.05, 0.1) is 0 Å². The lowest BCUT2D eigenvalue weighted by Gasteiger charge is -2.23. The molecule has 0 aliphatic rings. The minimum atomic E-state index is -0.00403. The fourth-order valence-electron chi connectivity index (χ4n) is 2.50. The van der Waals surface area contributed by atoms with Gasteiger partial charge in [-0.25, -0.2) is 4.98 Å². The maximum Gasteiger partial charge on any atom is 0.227 e. The molecule has 120 valence electrons. The van der Waals surface area contributed by atoms with Crippen molar-refractivity contribution in [2.45, 2.75) is 19.4 Å². The number of H-pyrrole nitrogens is 1. The third-order valence-electron chi connectivity index (χ3n) is 4.03. The number of hydrogen-bond acceptors (Lipinski definition) is 4. The average Bonchev–Trinajstić information content (AvgIpc) is 3.20. The zero-order chi connectivity index (χ0) is 16.2. The number of anilines is 1. The summed E-state index contributed by atoms with van der Waals surface area (Å²) in [6.07, 6.45) is 2.13. The molecule has 5 nitrogen and oxygen atoms in total. The van der Waals surface area contributed by atoms with E-state index in [4.69, 9.17) is 0 Å². The van der Waals surface area contributed by atoms with Crippen molar-refractivity contribution in [1.82, 2.24) is 14.9 Å². The van der Waals surface area contributed by atoms with E-state index in [0.717, 1.165) is 11.2 Å². The Labute approximate surface area is 139 Å². The first-order valence-electron chi connectivity index (χ1n) is 7.61. The lowest BCUT2D eigenvalue weighted by atomic mass is 10.2. The van der Waals surface area contributed by atoms with E-state index in [-0.39, 0.29) is 11.9 Å². The van der Waals surface area contributed by atoms with Crippen LogP contribution in [0, 0.1) is 0 Å². The molecule has 0 aliphatic heterocycles. The van der Waals surface area contributed by atoms with E-state index in [9.17, 15) is 4.79 Å². The molecule has 0 fully saturated rings. The number of carbonyl (C=O) groups excluding carboxylic acids is 1. The highest BCUT2D eigenvalue weighted by Crippen LogP contribution is 2.23. The van der Waals surface area contributed by atoms with Gasteiger partial charge in [0.15, 0.2) is 5.13 Å². The van der Waals surface area contributed by atoms with E-state index in [1.54, 1.807) is 6.20 Å². The molecule has 1 atom stereocenters. The van der Waals surface area contributed by atoms with Crippen molar-refractivity contribution in [3.63, 3.8) is 0 Å². The number of amides is 1. The van der Waals surface area contributed by atoms with Crippen LogP contribution in [-0.2, 0) is 4.79 Å². The highest BCUT2D eigenvalue weighted by Gasteiger charge is 2.15. The molecule has 2 heterocycles. The Kier molecular flexibility index (Phi) is 4.73. The van der Waals surface area contributed by atoms with Crippen LogP contribution in [0.3, 0.4) is 0 Å². The summed E-state index contributed by atoms with van der Waals surface area (Å²) >= 11 is 1.43. The van der Waals surface area contributed by atoms with E-state index >= 15 is 0 Å². The maximum absolute atomic E-state index is 11.9. The first kappa shape index (κ1) is 15.7. The third kappa shape index (κ3) is 3.78. The smallest absolute Gasteiger partial charge is 0.227 e. The van der Waals surface area contributed by atoms with E-state index in [0.29, 0.717) is 18.1 Å². The van der Waals surface area contributed by atoms with Crippen molar-refractivity contribution in [2.75, 3.05) is 18.9 Å². The van der Waals surface area contributed by atoms with Crippen LogP contribution in [0.25, 0.3) is 10.9 Å². The predicted molar refractivity (Wildman–Crippen MR) is 94.7 cm³/mol. The van der Waals surface area contributed by atoms with E-state index in [1.165, 1.54) is 16.7 Å². The highest BCUT2D eigenvalue weighted by molar-refractivity contribution is 7.13. The van der Waals surface area contributed by atoms with Crippen molar-refractivity contribution in [2.24, 2.45) is 0 Å². The minimum absolute atomic E-state index is 0.00403. The number of fused-ring (bicyclic) bond motifs is 1. The molecule has 0 radical (unpaired) electrons. The fraction of sp³-hybridized carbons (Fsp3) is 0.294. The molecule has 2 aromatic heterocycles. The molecule has 0 aliphatic carbocycles. The molecule has 3 rings (SSSR count). The highest BCUT2D eigenvalue weighted by atomic mass is 32.1. The quantitative estimate of drug-likeness (QED) is 0.726.